The van der Waals surface area contributed by atoms with E-state index in [4.69, 9.17) is 5.73 Å². The molecule has 0 atom stereocenters. The molecule has 0 aliphatic rings. The van der Waals surface area contributed by atoms with Gasteiger partial charge in [0.2, 0.25) is 0 Å². The summed E-state index contributed by atoms with van der Waals surface area (Å²) >= 11 is 0. The second kappa shape index (κ2) is 4.73. The summed E-state index contributed by atoms with van der Waals surface area (Å²) in [7, 11) is 0. The van der Waals surface area contributed by atoms with E-state index < -0.39 is 11.6 Å². The summed E-state index contributed by atoms with van der Waals surface area (Å²) in [5.41, 5.74) is 7.87. The van der Waals surface area contributed by atoms with E-state index in [1.54, 1.807) is 35.4 Å². The number of hydrogen-bond donors (Lipinski definition) is 1. The lowest BCUT2D eigenvalue weighted by Gasteiger charge is -2.00. The fourth-order valence-corrected chi connectivity index (χ4v) is 1.88. The zero-order chi connectivity index (χ0) is 14.1. The summed E-state index contributed by atoms with van der Waals surface area (Å²) in [5.74, 6) is -1.83. The standard InChI is InChI=1S/C14H10F2N4/c15-11-2-1-9(7-12(11)16)14-13(17)8-20(19-14)10-3-5-18-6-4-10/h1-8H,17H2. The molecule has 2 aromatic heterocycles. The van der Waals surface area contributed by atoms with Gasteiger partial charge in [0.25, 0.3) is 0 Å². The van der Waals surface area contributed by atoms with Crippen LogP contribution >= 0.6 is 0 Å². The molecule has 0 unspecified atom stereocenters. The molecular weight excluding hydrogens is 262 g/mol. The summed E-state index contributed by atoms with van der Waals surface area (Å²) in [4.78, 5) is 3.92. The topological polar surface area (TPSA) is 56.7 Å². The minimum absolute atomic E-state index is 0.382. The number of nitrogens with zero attached hydrogens (tertiary/aromatic N) is 3. The number of aromatic nitrogens is 3. The van der Waals surface area contributed by atoms with Crippen LogP contribution in [0.1, 0.15) is 0 Å². The molecule has 0 amide bonds. The lowest BCUT2D eigenvalue weighted by molar-refractivity contribution is 0.509. The number of benzene rings is 1. The van der Waals surface area contributed by atoms with Gasteiger partial charge in [-0.3, -0.25) is 4.98 Å². The Morgan fingerprint density at radius 1 is 1.00 bits per heavy atom. The van der Waals surface area contributed by atoms with Crippen molar-refractivity contribution in [3.63, 3.8) is 0 Å². The van der Waals surface area contributed by atoms with Gasteiger partial charge < -0.3 is 5.73 Å². The smallest absolute Gasteiger partial charge is 0.159 e. The highest BCUT2D eigenvalue weighted by molar-refractivity contribution is 5.72. The fourth-order valence-electron chi connectivity index (χ4n) is 1.88. The number of anilines is 1. The van der Waals surface area contributed by atoms with Gasteiger partial charge in [-0.25, -0.2) is 13.5 Å². The third-order valence-corrected chi connectivity index (χ3v) is 2.86. The molecule has 0 aliphatic heterocycles. The van der Waals surface area contributed by atoms with E-state index >= 15 is 0 Å². The first kappa shape index (κ1) is 12.3. The number of rotatable bonds is 2. The number of hydrogen-bond acceptors (Lipinski definition) is 3. The minimum Gasteiger partial charge on any atom is -0.396 e. The van der Waals surface area contributed by atoms with Gasteiger partial charge in [0.05, 0.1) is 17.6 Å². The highest BCUT2D eigenvalue weighted by atomic mass is 19.2. The van der Waals surface area contributed by atoms with Gasteiger partial charge in [0.15, 0.2) is 11.6 Å². The van der Waals surface area contributed by atoms with E-state index in [2.05, 4.69) is 10.1 Å². The molecule has 6 heteroatoms. The van der Waals surface area contributed by atoms with Crippen LogP contribution in [0.15, 0.2) is 48.9 Å². The van der Waals surface area contributed by atoms with Crippen LogP contribution in [0.25, 0.3) is 16.9 Å². The molecule has 3 aromatic rings. The normalized spacial score (nSPS) is 10.7. The molecule has 0 fully saturated rings. The van der Waals surface area contributed by atoms with Crippen molar-refractivity contribution in [3.8, 4) is 16.9 Å². The Morgan fingerprint density at radius 3 is 2.45 bits per heavy atom. The summed E-state index contributed by atoms with van der Waals surface area (Å²) in [6, 6.07) is 7.09. The third-order valence-electron chi connectivity index (χ3n) is 2.86. The van der Waals surface area contributed by atoms with Gasteiger partial charge in [-0.1, -0.05) is 0 Å². The first-order valence-corrected chi connectivity index (χ1v) is 5.86. The number of nitrogens with two attached hydrogens (primary N) is 1. The van der Waals surface area contributed by atoms with E-state index in [1.165, 1.54) is 6.07 Å². The molecule has 4 nitrogen and oxygen atoms in total. The van der Waals surface area contributed by atoms with Gasteiger partial charge in [-0.2, -0.15) is 5.10 Å². The third kappa shape index (κ3) is 2.11. The monoisotopic (exact) mass is 272 g/mol. The molecule has 0 saturated heterocycles. The maximum absolute atomic E-state index is 13.3. The number of halogens is 2. The Morgan fingerprint density at radius 2 is 1.75 bits per heavy atom. The molecule has 0 spiro atoms. The molecule has 0 saturated carbocycles. The van der Waals surface area contributed by atoms with Crippen LogP contribution in [0.5, 0.6) is 0 Å². The van der Waals surface area contributed by atoms with Crippen LogP contribution in [-0.2, 0) is 0 Å². The quantitative estimate of drug-likeness (QED) is 0.780. The molecular formula is C14H10F2N4. The Labute approximate surface area is 113 Å². The van der Waals surface area contributed by atoms with Crippen molar-refractivity contribution >= 4 is 5.69 Å². The van der Waals surface area contributed by atoms with Gasteiger partial charge in [0, 0.05) is 18.0 Å². The lowest BCUT2D eigenvalue weighted by Crippen LogP contribution is -1.95. The Balaban J connectivity index is 2.07. The van der Waals surface area contributed by atoms with Crippen LogP contribution < -0.4 is 5.73 Å². The van der Waals surface area contributed by atoms with Crippen LogP contribution in [0.3, 0.4) is 0 Å². The van der Waals surface area contributed by atoms with E-state index in [0.717, 1.165) is 17.8 Å². The highest BCUT2D eigenvalue weighted by Crippen LogP contribution is 2.26. The Kier molecular flexibility index (Phi) is 2.90. The summed E-state index contributed by atoms with van der Waals surface area (Å²) in [5, 5.41) is 4.30. The Bertz CT molecular complexity index is 753. The second-order valence-electron chi connectivity index (χ2n) is 4.21. The van der Waals surface area contributed by atoms with Crippen LogP contribution in [-0.4, -0.2) is 14.8 Å². The van der Waals surface area contributed by atoms with E-state index in [1.807, 2.05) is 0 Å². The fraction of sp³-hybridized carbons (Fsp3) is 0. The van der Waals surface area contributed by atoms with Crippen LogP contribution in [0, 0.1) is 11.6 Å². The first-order chi connectivity index (χ1) is 9.65. The SMILES string of the molecule is Nc1cn(-c2ccncc2)nc1-c1ccc(F)c(F)c1. The van der Waals surface area contributed by atoms with Gasteiger partial charge in [0.1, 0.15) is 5.69 Å². The largest absolute Gasteiger partial charge is 0.396 e. The Hall–Kier alpha value is -2.76. The van der Waals surface area contributed by atoms with E-state index in [-0.39, 0.29) is 0 Å². The number of pyridine rings is 1. The molecule has 0 bridgehead atoms. The van der Waals surface area contributed by atoms with Gasteiger partial charge >= 0.3 is 0 Å². The van der Waals surface area contributed by atoms with Crippen molar-refractivity contribution < 1.29 is 8.78 Å². The lowest BCUT2D eigenvalue weighted by atomic mass is 10.1. The molecule has 2 heterocycles. The van der Waals surface area contributed by atoms with Crippen LogP contribution in [0.2, 0.25) is 0 Å². The van der Waals surface area contributed by atoms with E-state index in [0.29, 0.717) is 16.9 Å². The average Bonchev–Trinajstić information content (AvgIpc) is 2.85. The predicted molar refractivity (Wildman–Crippen MR) is 71.1 cm³/mol. The maximum atomic E-state index is 13.3. The molecule has 20 heavy (non-hydrogen) atoms. The van der Waals surface area contributed by atoms with Crippen molar-refractivity contribution in [1.82, 2.24) is 14.8 Å². The van der Waals surface area contributed by atoms with Crippen molar-refractivity contribution in [2.75, 3.05) is 5.73 Å². The molecule has 2 N–H and O–H groups in total. The summed E-state index contributed by atoms with van der Waals surface area (Å²) < 4.78 is 27.8. The predicted octanol–water partition coefficient (Wildman–Crippen LogP) is 2.79. The van der Waals surface area contributed by atoms with Crippen molar-refractivity contribution in [2.24, 2.45) is 0 Å². The zero-order valence-corrected chi connectivity index (χ0v) is 10.3. The first-order valence-electron chi connectivity index (χ1n) is 5.86. The molecule has 0 aliphatic carbocycles. The summed E-state index contributed by atoms with van der Waals surface area (Å²) in [6.07, 6.45) is 4.88. The number of nitrogen functional groups attached to an aromatic ring is 1. The van der Waals surface area contributed by atoms with Gasteiger partial charge in [-0.05, 0) is 30.3 Å². The minimum atomic E-state index is -0.930. The average molecular weight is 272 g/mol. The molecule has 0 radical (unpaired) electrons. The second-order valence-corrected chi connectivity index (χ2v) is 4.21. The zero-order valence-electron chi connectivity index (χ0n) is 10.3. The van der Waals surface area contributed by atoms with Crippen molar-refractivity contribution in [1.29, 1.82) is 0 Å². The van der Waals surface area contributed by atoms with Crippen LogP contribution in [0.4, 0.5) is 14.5 Å². The highest BCUT2D eigenvalue weighted by Gasteiger charge is 2.12. The molecule has 3 rings (SSSR count). The van der Waals surface area contributed by atoms with Gasteiger partial charge in [-0.15, -0.1) is 0 Å². The maximum Gasteiger partial charge on any atom is 0.159 e. The van der Waals surface area contributed by atoms with Crippen molar-refractivity contribution in [3.05, 3.63) is 60.6 Å². The molecule has 1 aromatic carbocycles. The van der Waals surface area contributed by atoms with E-state index in [9.17, 15) is 8.78 Å². The van der Waals surface area contributed by atoms with Crippen molar-refractivity contribution in [2.45, 2.75) is 0 Å². The summed E-state index contributed by atoms with van der Waals surface area (Å²) in [6.45, 7) is 0. The molecule has 100 valence electrons.